The summed E-state index contributed by atoms with van der Waals surface area (Å²) in [5.41, 5.74) is 2.05. The highest BCUT2D eigenvalue weighted by atomic mass is 32.1. The van der Waals surface area contributed by atoms with Crippen molar-refractivity contribution in [1.82, 2.24) is 19.8 Å². The van der Waals surface area contributed by atoms with Crippen LogP contribution in [0.15, 0.2) is 42.9 Å². The van der Waals surface area contributed by atoms with Crippen LogP contribution in [-0.4, -0.2) is 39.2 Å². The SMILES string of the molecule is COC(=O)CCN1C(=S)N[C@@H](c2ccccn2)[C@@H]1c1ccn(C(C)(C)C)c1. The van der Waals surface area contributed by atoms with Crippen LogP contribution in [0.25, 0.3) is 0 Å². The van der Waals surface area contributed by atoms with Crippen molar-refractivity contribution in [3.63, 3.8) is 0 Å². The maximum Gasteiger partial charge on any atom is 0.307 e. The van der Waals surface area contributed by atoms with E-state index in [0.717, 1.165) is 11.3 Å². The first-order chi connectivity index (χ1) is 12.8. The second-order valence-electron chi connectivity index (χ2n) is 7.67. The lowest BCUT2D eigenvalue weighted by Gasteiger charge is -2.27. The lowest BCUT2D eigenvalue weighted by molar-refractivity contribution is -0.140. The number of nitrogens with zero attached hydrogens (tertiary/aromatic N) is 3. The number of carbonyl (C=O) groups excluding carboxylic acids is 1. The predicted octanol–water partition coefficient (Wildman–Crippen LogP) is 3.17. The zero-order valence-corrected chi connectivity index (χ0v) is 17.0. The number of carbonyl (C=O) groups is 1. The lowest BCUT2D eigenvalue weighted by atomic mass is 9.99. The largest absolute Gasteiger partial charge is 0.469 e. The highest BCUT2D eigenvalue weighted by Gasteiger charge is 2.40. The van der Waals surface area contributed by atoms with Gasteiger partial charge in [0.1, 0.15) is 0 Å². The minimum Gasteiger partial charge on any atom is -0.469 e. The Morgan fingerprint density at radius 1 is 1.33 bits per heavy atom. The Hall–Kier alpha value is -2.41. The van der Waals surface area contributed by atoms with Crippen LogP contribution < -0.4 is 5.32 Å². The molecule has 0 aromatic carbocycles. The summed E-state index contributed by atoms with van der Waals surface area (Å²) in [4.78, 5) is 18.3. The molecule has 7 heteroatoms. The second kappa shape index (κ2) is 7.68. The average molecular weight is 387 g/mol. The zero-order valence-electron chi connectivity index (χ0n) is 16.2. The smallest absolute Gasteiger partial charge is 0.307 e. The number of thiocarbonyl (C=S) groups is 1. The normalized spacial score (nSPS) is 19.9. The third kappa shape index (κ3) is 4.13. The third-order valence-corrected chi connectivity index (χ3v) is 5.17. The molecule has 0 radical (unpaired) electrons. The minimum absolute atomic E-state index is 0.0118. The topological polar surface area (TPSA) is 59.4 Å². The van der Waals surface area contributed by atoms with Crippen molar-refractivity contribution in [2.45, 2.75) is 44.8 Å². The molecule has 0 unspecified atom stereocenters. The van der Waals surface area contributed by atoms with Crippen LogP contribution in [0.5, 0.6) is 0 Å². The van der Waals surface area contributed by atoms with E-state index >= 15 is 0 Å². The first-order valence-corrected chi connectivity index (χ1v) is 9.45. The van der Waals surface area contributed by atoms with Gasteiger partial charge in [0, 0.05) is 30.7 Å². The summed E-state index contributed by atoms with van der Waals surface area (Å²) >= 11 is 5.59. The number of hydrogen-bond acceptors (Lipinski definition) is 4. The van der Waals surface area contributed by atoms with E-state index in [1.165, 1.54) is 7.11 Å². The number of rotatable bonds is 5. The van der Waals surface area contributed by atoms with Gasteiger partial charge in [-0.3, -0.25) is 9.78 Å². The van der Waals surface area contributed by atoms with Crippen LogP contribution in [0.4, 0.5) is 0 Å². The molecule has 2 aromatic heterocycles. The van der Waals surface area contributed by atoms with Gasteiger partial charge < -0.3 is 19.5 Å². The van der Waals surface area contributed by atoms with E-state index in [2.05, 4.69) is 59.0 Å². The quantitative estimate of drug-likeness (QED) is 0.629. The number of esters is 1. The summed E-state index contributed by atoms with van der Waals surface area (Å²) in [6, 6.07) is 7.87. The molecule has 0 spiro atoms. The van der Waals surface area contributed by atoms with E-state index < -0.39 is 0 Å². The van der Waals surface area contributed by atoms with Crippen molar-refractivity contribution in [2.75, 3.05) is 13.7 Å². The number of nitrogens with one attached hydrogen (secondary N) is 1. The van der Waals surface area contributed by atoms with Gasteiger partial charge in [-0.1, -0.05) is 6.07 Å². The Kier molecular flexibility index (Phi) is 5.51. The van der Waals surface area contributed by atoms with E-state index in [0.29, 0.717) is 11.7 Å². The standard InChI is InChI=1S/C20H26N4O2S/c1-20(2,3)23-11-8-14(13-23)18-17(15-7-5-6-10-21-15)22-19(27)24(18)12-9-16(25)26-4/h5-8,10-11,13,17-18H,9,12H2,1-4H3,(H,22,27)/t17-,18-/m0/s1. The van der Waals surface area contributed by atoms with E-state index in [-0.39, 0.29) is 30.0 Å². The summed E-state index contributed by atoms with van der Waals surface area (Å²) in [5.74, 6) is -0.245. The third-order valence-electron chi connectivity index (χ3n) is 4.81. The van der Waals surface area contributed by atoms with Gasteiger partial charge in [0.25, 0.3) is 0 Å². The van der Waals surface area contributed by atoms with Crippen LogP contribution in [0.2, 0.25) is 0 Å². The zero-order chi connectivity index (χ0) is 19.6. The molecule has 1 aliphatic heterocycles. The molecular formula is C20H26N4O2S. The number of methoxy groups -OCH3 is 1. The average Bonchev–Trinajstić information content (AvgIpc) is 3.25. The van der Waals surface area contributed by atoms with Crippen LogP contribution in [0.1, 0.15) is 50.5 Å². The molecule has 1 N–H and O–H groups in total. The molecule has 0 aliphatic carbocycles. The van der Waals surface area contributed by atoms with E-state index in [9.17, 15) is 4.79 Å². The van der Waals surface area contributed by atoms with Crippen molar-refractivity contribution < 1.29 is 9.53 Å². The van der Waals surface area contributed by atoms with E-state index in [4.69, 9.17) is 17.0 Å². The molecule has 0 bridgehead atoms. The van der Waals surface area contributed by atoms with Gasteiger partial charge in [0.2, 0.25) is 0 Å². The fourth-order valence-electron chi connectivity index (χ4n) is 3.33. The van der Waals surface area contributed by atoms with Gasteiger partial charge in [0.05, 0.1) is 31.3 Å². The van der Waals surface area contributed by atoms with Crippen molar-refractivity contribution in [2.24, 2.45) is 0 Å². The van der Waals surface area contributed by atoms with Gasteiger partial charge >= 0.3 is 5.97 Å². The van der Waals surface area contributed by atoms with E-state index in [1.54, 1.807) is 6.20 Å². The van der Waals surface area contributed by atoms with Crippen molar-refractivity contribution in [1.29, 1.82) is 0 Å². The van der Waals surface area contributed by atoms with Gasteiger partial charge in [-0.2, -0.15) is 0 Å². The summed E-state index contributed by atoms with van der Waals surface area (Å²) in [6.45, 7) is 6.99. The fraction of sp³-hybridized carbons (Fsp3) is 0.450. The molecular weight excluding hydrogens is 360 g/mol. The summed E-state index contributed by atoms with van der Waals surface area (Å²) in [6.07, 6.45) is 6.31. The Balaban J connectivity index is 1.96. The molecule has 0 amide bonds. The lowest BCUT2D eigenvalue weighted by Crippen LogP contribution is -2.32. The summed E-state index contributed by atoms with van der Waals surface area (Å²) in [7, 11) is 1.40. The molecule has 144 valence electrons. The minimum atomic E-state index is -0.245. The van der Waals surface area contributed by atoms with Crippen molar-refractivity contribution >= 4 is 23.3 Å². The first kappa shape index (κ1) is 19.4. The van der Waals surface area contributed by atoms with Crippen LogP contribution in [0.3, 0.4) is 0 Å². The molecule has 2 atom stereocenters. The van der Waals surface area contributed by atoms with Crippen molar-refractivity contribution in [3.8, 4) is 0 Å². The maximum atomic E-state index is 11.7. The van der Waals surface area contributed by atoms with Gasteiger partial charge in [-0.05, 0) is 56.8 Å². The Morgan fingerprint density at radius 2 is 2.11 bits per heavy atom. The molecule has 1 saturated heterocycles. The molecule has 1 fully saturated rings. The highest BCUT2D eigenvalue weighted by Crippen LogP contribution is 2.39. The van der Waals surface area contributed by atoms with E-state index in [1.807, 2.05) is 18.2 Å². The number of hydrogen-bond donors (Lipinski definition) is 1. The molecule has 0 saturated carbocycles. The number of pyridine rings is 1. The van der Waals surface area contributed by atoms with Crippen molar-refractivity contribution in [3.05, 3.63) is 54.1 Å². The summed E-state index contributed by atoms with van der Waals surface area (Å²) < 4.78 is 6.99. The monoisotopic (exact) mass is 386 g/mol. The number of ether oxygens (including phenoxy) is 1. The summed E-state index contributed by atoms with van der Waals surface area (Å²) in [5, 5.41) is 4.02. The number of aromatic nitrogens is 2. The molecule has 6 nitrogen and oxygen atoms in total. The van der Waals surface area contributed by atoms with Crippen LogP contribution >= 0.6 is 12.2 Å². The maximum absolute atomic E-state index is 11.7. The van der Waals surface area contributed by atoms with Gasteiger partial charge in [-0.25, -0.2) is 0 Å². The van der Waals surface area contributed by atoms with Crippen LogP contribution in [-0.2, 0) is 15.1 Å². The molecule has 2 aromatic rings. The Morgan fingerprint density at radius 3 is 2.70 bits per heavy atom. The Bertz CT molecular complexity index is 813. The van der Waals surface area contributed by atoms with Crippen LogP contribution in [0, 0.1) is 0 Å². The molecule has 27 heavy (non-hydrogen) atoms. The van der Waals surface area contributed by atoms with Gasteiger partial charge in [0.15, 0.2) is 5.11 Å². The molecule has 1 aliphatic rings. The Labute approximate surface area is 165 Å². The second-order valence-corrected chi connectivity index (χ2v) is 8.06. The fourth-order valence-corrected chi connectivity index (χ4v) is 3.66. The predicted molar refractivity (Wildman–Crippen MR) is 108 cm³/mol. The highest BCUT2D eigenvalue weighted by molar-refractivity contribution is 7.80. The van der Waals surface area contributed by atoms with Gasteiger partial charge in [-0.15, -0.1) is 0 Å². The first-order valence-electron chi connectivity index (χ1n) is 9.04. The molecule has 3 heterocycles. The molecule has 3 rings (SSSR count).